The molecule has 2 N–H and O–H groups in total. The predicted octanol–water partition coefficient (Wildman–Crippen LogP) is 2.66. The Morgan fingerprint density at radius 1 is 1.27 bits per heavy atom. The van der Waals surface area contributed by atoms with Gasteiger partial charge in [0.25, 0.3) is 5.56 Å². The number of anilines is 1. The number of hydrogen-bond acceptors (Lipinski definition) is 5. The summed E-state index contributed by atoms with van der Waals surface area (Å²) in [5.74, 6) is 1.23. The quantitative estimate of drug-likeness (QED) is 0.881. The Balaban J connectivity index is 1.59. The van der Waals surface area contributed by atoms with E-state index in [9.17, 15) is 9.59 Å². The van der Waals surface area contributed by atoms with E-state index < -0.39 is 5.60 Å². The molecule has 3 rings (SSSR count). The Morgan fingerprint density at radius 3 is 2.58 bits per heavy atom. The second kappa shape index (κ2) is 7.35. The predicted molar refractivity (Wildman–Crippen MR) is 102 cm³/mol. The monoisotopic (exact) mass is 358 g/mol. The molecule has 1 aromatic heterocycles. The van der Waals surface area contributed by atoms with Crippen LogP contribution in [0.15, 0.2) is 29.1 Å². The molecule has 7 heteroatoms. The number of benzene rings is 1. The van der Waals surface area contributed by atoms with Crippen molar-refractivity contribution in [1.82, 2.24) is 15.5 Å². The van der Waals surface area contributed by atoms with E-state index in [1.165, 1.54) is 0 Å². The van der Waals surface area contributed by atoms with Crippen LogP contribution in [0.3, 0.4) is 0 Å². The average molecular weight is 358 g/mol. The molecule has 0 saturated carbocycles. The zero-order chi connectivity index (χ0) is 18.7. The minimum absolute atomic E-state index is 0.166. The van der Waals surface area contributed by atoms with E-state index in [1.54, 1.807) is 0 Å². The molecule has 1 aliphatic rings. The summed E-state index contributed by atoms with van der Waals surface area (Å²) in [5, 5.41) is 11.3. The maximum Gasteiger partial charge on any atom is 0.407 e. The minimum Gasteiger partial charge on any atom is -0.444 e. The maximum absolute atomic E-state index is 11.9. The number of piperidine rings is 1. The summed E-state index contributed by atoms with van der Waals surface area (Å²) in [6.45, 7) is 7.85. The maximum atomic E-state index is 11.9. The zero-order valence-corrected chi connectivity index (χ0v) is 15.5. The van der Waals surface area contributed by atoms with Crippen LogP contribution in [0.5, 0.6) is 0 Å². The highest BCUT2D eigenvalue weighted by molar-refractivity contribution is 5.91. The first-order valence-electron chi connectivity index (χ1n) is 9.03. The van der Waals surface area contributed by atoms with Crippen LogP contribution in [0, 0.1) is 5.92 Å². The third-order valence-electron chi connectivity index (χ3n) is 4.52. The van der Waals surface area contributed by atoms with Gasteiger partial charge in [0.1, 0.15) is 5.60 Å². The Morgan fingerprint density at radius 2 is 1.92 bits per heavy atom. The number of alkyl carbamates (subject to hydrolysis) is 1. The van der Waals surface area contributed by atoms with Gasteiger partial charge >= 0.3 is 6.09 Å². The molecule has 1 saturated heterocycles. The number of nitrogens with one attached hydrogen (secondary N) is 2. The van der Waals surface area contributed by atoms with Crippen LogP contribution in [-0.4, -0.2) is 41.5 Å². The Bertz CT molecular complexity index is 833. The third-order valence-corrected chi connectivity index (χ3v) is 4.52. The van der Waals surface area contributed by atoms with Gasteiger partial charge in [0, 0.05) is 25.0 Å². The number of amides is 1. The summed E-state index contributed by atoms with van der Waals surface area (Å²) in [6.07, 6.45) is 1.53. The molecule has 2 aromatic rings. The van der Waals surface area contributed by atoms with E-state index in [0.717, 1.165) is 37.1 Å². The molecule has 1 aromatic carbocycles. The molecule has 1 fully saturated rings. The van der Waals surface area contributed by atoms with Crippen LogP contribution in [0.1, 0.15) is 33.6 Å². The minimum atomic E-state index is -0.482. The number of carbonyl (C=O) groups is 1. The van der Waals surface area contributed by atoms with E-state index in [-0.39, 0.29) is 11.7 Å². The molecule has 26 heavy (non-hydrogen) atoms. The van der Waals surface area contributed by atoms with Crippen LogP contribution in [-0.2, 0) is 4.74 Å². The zero-order valence-electron chi connectivity index (χ0n) is 15.5. The van der Waals surface area contributed by atoms with Crippen LogP contribution in [0.4, 0.5) is 10.6 Å². The molecular weight excluding hydrogens is 332 g/mol. The van der Waals surface area contributed by atoms with Gasteiger partial charge in [-0.3, -0.25) is 4.79 Å². The SMILES string of the molecule is CC(C)(C)OC(=O)NCC1CCN(c2n[nH]c(=O)c3ccccc23)CC1. The van der Waals surface area contributed by atoms with Crippen LogP contribution in [0.25, 0.3) is 10.8 Å². The summed E-state index contributed by atoms with van der Waals surface area (Å²) in [6, 6.07) is 7.53. The van der Waals surface area contributed by atoms with Gasteiger partial charge in [0.2, 0.25) is 0 Å². The van der Waals surface area contributed by atoms with Gasteiger partial charge in [-0.25, -0.2) is 9.89 Å². The van der Waals surface area contributed by atoms with Crippen LogP contribution in [0.2, 0.25) is 0 Å². The number of aromatic amines is 1. The van der Waals surface area contributed by atoms with Gasteiger partial charge < -0.3 is 15.0 Å². The fourth-order valence-corrected chi connectivity index (χ4v) is 3.23. The Hall–Kier alpha value is -2.57. The molecule has 0 aliphatic carbocycles. The summed E-state index contributed by atoms with van der Waals surface area (Å²) in [5.41, 5.74) is -0.648. The first-order valence-corrected chi connectivity index (χ1v) is 9.03. The van der Waals surface area contributed by atoms with E-state index in [4.69, 9.17) is 4.74 Å². The van der Waals surface area contributed by atoms with Crippen molar-refractivity contribution < 1.29 is 9.53 Å². The fourth-order valence-electron chi connectivity index (χ4n) is 3.23. The molecule has 0 spiro atoms. The second-order valence-corrected chi connectivity index (χ2v) is 7.74. The van der Waals surface area contributed by atoms with Crippen molar-refractivity contribution in [3.63, 3.8) is 0 Å². The molecule has 7 nitrogen and oxygen atoms in total. The van der Waals surface area contributed by atoms with Crippen molar-refractivity contribution in [2.75, 3.05) is 24.5 Å². The molecule has 0 unspecified atom stereocenters. The van der Waals surface area contributed by atoms with Crippen LogP contribution >= 0.6 is 0 Å². The fraction of sp³-hybridized carbons (Fsp3) is 0.526. The van der Waals surface area contributed by atoms with E-state index >= 15 is 0 Å². The number of hydrogen-bond donors (Lipinski definition) is 2. The van der Waals surface area contributed by atoms with Crippen molar-refractivity contribution >= 4 is 22.7 Å². The van der Waals surface area contributed by atoms with Gasteiger partial charge in [-0.05, 0) is 45.6 Å². The van der Waals surface area contributed by atoms with Gasteiger partial charge in [-0.2, -0.15) is 5.10 Å². The molecule has 1 amide bonds. The topological polar surface area (TPSA) is 87.3 Å². The largest absolute Gasteiger partial charge is 0.444 e. The highest BCUT2D eigenvalue weighted by atomic mass is 16.6. The number of aromatic nitrogens is 2. The van der Waals surface area contributed by atoms with Crippen LogP contribution < -0.4 is 15.8 Å². The van der Waals surface area contributed by atoms with Crippen molar-refractivity contribution in [2.24, 2.45) is 5.92 Å². The van der Waals surface area contributed by atoms with E-state index in [2.05, 4.69) is 20.4 Å². The highest BCUT2D eigenvalue weighted by Crippen LogP contribution is 2.26. The standard InChI is InChI=1S/C19H26N4O3/c1-19(2,3)26-18(25)20-12-13-8-10-23(11-9-13)16-14-6-4-5-7-15(14)17(24)22-21-16/h4-7,13H,8-12H2,1-3H3,(H,20,25)(H,22,24). The summed E-state index contributed by atoms with van der Waals surface area (Å²) >= 11 is 0. The number of rotatable bonds is 3. The smallest absolute Gasteiger partial charge is 0.407 e. The molecular formula is C19H26N4O3. The molecule has 2 heterocycles. The first-order chi connectivity index (χ1) is 12.3. The van der Waals surface area contributed by atoms with E-state index in [0.29, 0.717) is 17.8 Å². The second-order valence-electron chi connectivity index (χ2n) is 7.74. The average Bonchev–Trinajstić information content (AvgIpc) is 2.60. The highest BCUT2D eigenvalue weighted by Gasteiger charge is 2.23. The van der Waals surface area contributed by atoms with Crippen molar-refractivity contribution in [3.05, 3.63) is 34.6 Å². The molecule has 0 bridgehead atoms. The van der Waals surface area contributed by atoms with Gasteiger partial charge in [0.15, 0.2) is 5.82 Å². The van der Waals surface area contributed by atoms with Gasteiger partial charge in [-0.1, -0.05) is 18.2 Å². The third kappa shape index (κ3) is 4.33. The first kappa shape index (κ1) is 18.2. The van der Waals surface area contributed by atoms with Crippen molar-refractivity contribution in [1.29, 1.82) is 0 Å². The lowest BCUT2D eigenvalue weighted by atomic mass is 9.96. The normalized spacial score (nSPS) is 15.9. The lowest BCUT2D eigenvalue weighted by Gasteiger charge is -2.33. The van der Waals surface area contributed by atoms with Gasteiger partial charge in [-0.15, -0.1) is 0 Å². The van der Waals surface area contributed by atoms with Crippen molar-refractivity contribution in [2.45, 2.75) is 39.2 Å². The molecule has 140 valence electrons. The number of fused-ring (bicyclic) bond motifs is 1. The van der Waals surface area contributed by atoms with Crippen molar-refractivity contribution in [3.8, 4) is 0 Å². The lowest BCUT2D eigenvalue weighted by molar-refractivity contribution is 0.0517. The molecule has 1 aliphatic heterocycles. The summed E-state index contributed by atoms with van der Waals surface area (Å²) in [7, 11) is 0. The summed E-state index contributed by atoms with van der Waals surface area (Å²) in [4.78, 5) is 25.9. The molecule has 0 atom stereocenters. The number of carbonyl (C=O) groups excluding carboxylic acids is 1. The number of H-pyrrole nitrogens is 1. The van der Waals surface area contributed by atoms with Gasteiger partial charge in [0.05, 0.1) is 5.39 Å². The summed E-state index contributed by atoms with van der Waals surface area (Å²) < 4.78 is 5.27. The molecule has 0 radical (unpaired) electrons. The number of ether oxygens (including phenoxy) is 1. The lowest BCUT2D eigenvalue weighted by Crippen LogP contribution is -2.40. The Labute approximate surface area is 152 Å². The Kier molecular flexibility index (Phi) is 5.15. The number of nitrogens with zero attached hydrogens (tertiary/aromatic N) is 2. The van der Waals surface area contributed by atoms with E-state index in [1.807, 2.05) is 45.0 Å².